The van der Waals surface area contributed by atoms with Crippen LogP contribution in [0.4, 0.5) is 0 Å². The van der Waals surface area contributed by atoms with Gasteiger partial charge in [-0.05, 0) is 19.3 Å². The summed E-state index contributed by atoms with van der Waals surface area (Å²) in [4.78, 5) is 38.5. The zero-order valence-corrected chi connectivity index (χ0v) is 53.5. The number of carbonyl (C=O) groups excluding carboxylic acids is 3. The first kappa shape index (κ1) is 76.4. The fraction of sp³-hybridized carbons (Fsp3) is 0.958. The average Bonchev–Trinajstić information content (AvgIpc) is 3.44. The van der Waals surface area contributed by atoms with Crippen LogP contribution in [-0.2, 0) is 28.6 Å². The minimum Gasteiger partial charge on any atom is -0.462 e. The van der Waals surface area contributed by atoms with Crippen LogP contribution in [0.25, 0.3) is 0 Å². The maximum absolute atomic E-state index is 13.0. The zero-order chi connectivity index (χ0) is 56.4. The second-order valence-electron chi connectivity index (χ2n) is 24.9. The third-order valence-electron chi connectivity index (χ3n) is 16.9. The molecule has 0 saturated heterocycles. The number of hydrogen-bond donors (Lipinski definition) is 0. The molecule has 464 valence electrons. The molecule has 0 aliphatic rings. The molecular weight excluding hydrogens is 961 g/mol. The van der Waals surface area contributed by atoms with Gasteiger partial charge < -0.3 is 14.2 Å². The number of ether oxygens (including phenoxy) is 3. The fourth-order valence-corrected chi connectivity index (χ4v) is 11.5. The lowest BCUT2D eigenvalue weighted by Crippen LogP contribution is -2.30. The molecule has 0 radical (unpaired) electrons. The summed E-state index contributed by atoms with van der Waals surface area (Å²) in [5.74, 6) is -0.817. The van der Waals surface area contributed by atoms with E-state index >= 15 is 0 Å². The molecule has 0 amide bonds. The van der Waals surface area contributed by atoms with Crippen molar-refractivity contribution in [2.75, 3.05) is 13.2 Å². The van der Waals surface area contributed by atoms with Crippen molar-refractivity contribution in [2.24, 2.45) is 0 Å². The first-order valence-electron chi connectivity index (χ1n) is 36.0. The van der Waals surface area contributed by atoms with Crippen LogP contribution in [-0.4, -0.2) is 37.2 Å². The molecule has 0 aromatic heterocycles. The first-order valence-corrected chi connectivity index (χ1v) is 36.0. The van der Waals surface area contributed by atoms with Crippen LogP contribution < -0.4 is 0 Å². The highest BCUT2D eigenvalue weighted by molar-refractivity contribution is 5.71. The Balaban J connectivity index is 4.24. The van der Waals surface area contributed by atoms with E-state index < -0.39 is 6.10 Å². The quantitative estimate of drug-likeness (QED) is 0.0343. The lowest BCUT2D eigenvalue weighted by molar-refractivity contribution is -0.167. The molecule has 1 unspecified atom stereocenters. The van der Waals surface area contributed by atoms with E-state index in [2.05, 4.69) is 20.8 Å². The number of unbranched alkanes of at least 4 members (excludes halogenated alkanes) is 57. The molecule has 0 bridgehead atoms. The van der Waals surface area contributed by atoms with Gasteiger partial charge in [0.05, 0.1) is 0 Å². The van der Waals surface area contributed by atoms with E-state index in [1.54, 1.807) is 0 Å². The molecule has 0 aliphatic heterocycles. The van der Waals surface area contributed by atoms with Crippen molar-refractivity contribution >= 4 is 17.9 Å². The molecule has 0 saturated carbocycles. The molecule has 0 fully saturated rings. The summed E-state index contributed by atoms with van der Waals surface area (Å²) < 4.78 is 17.0. The van der Waals surface area contributed by atoms with Gasteiger partial charge in [0.15, 0.2) is 6.10 Å². The molecule has 78 heavy (non-hydrogen) atoms. The largest absolute Gasteiger partial charge is 0.462 e. The summed E-state index contributed by atoms with van der Waals surface area (Å²) in [5, 5.41) is 0. The number of hydrogen-bond acceptors (Lipinski definition) is 6. The van der Waals surface area contributed by atoms with E-state index in [0.29, 0.717) is 19.3 Å². The van der Waals surface area contributed by atoms with Crippen LogP contribution in [0, 0.1) is 0 Å². The summed E-state index contributed by atoms with van der Waals surface area (Å²) in [7, 11) is 0. The molecule has 0 aliphatic carbocycles. The average molecular weight is 1100 g/mol. The lowest BCUT2D eigenvalue weighted by Gasteiger charge is -2.18. The molecular formula is C72H140O6. The van der Waals surface area contributed by atoms with E-state index in [-0.39, 0.29) is 31.1 Å². The van der Waals surface area contributed by atoms with Crippen LogP contribution in [0.15, 0.2) is 0 Å². The van der Waals surface area contributed by atoms with Crippen molar-refractivity contribution in [1.29, 1.82) is 0 Å². The molecule has 0 aromatic carbocycles. The summed E-state index contributed by atoms with van der Waals surface area (Å²) >= 11 is 0. The highest BCUT2D eigenvalue weighted by Gasteiger charge is 2.20. The van der Waals surface area contributed by atoms with Crippen LogP contribution in [0.2, 0.25) is 0 Å². The molecule has 6 heteroatoms. The standard InChI is InChI=1S/C72H140O6/c1-4-7-10-13-16-19-22-25-28-31-34-35-36-37-38-39-42-44-47-50-53-56-59-62-65-71(74)77-68-69(78-72(75)66-63-60-57-54-51-48-45-41-33-30-27-24-21-18-15-12-9-6-3)67-76-70(73)64-61-58-55-52-49-46-43-40-32-29-26-23-20-17-14-11-8-5-2/h69H,4-68H2,1-3H3. The third-order valence-corrected chi connectivity index (χ3v) is 16.9. The van der Waals surface area contributed by atoms with E-state index in [9.17, 15) is 14.4 Å². The van der Waals surface area contributed by atoms with Gasteiger partial charge in [0, 0.05) is 19.3 Å². The second-order valence-corrected chi connectivity index (χ2v) is 24.9. The van der Waals surface area contributed by atoms with Gasteiger partial charge in [-0.25, -0.2) is 0 Å². The number of esters is 3. The summed E-state index contributed by atoms with van der Waals surface area (Å²) in [6.45, 7) is 6.75. The summed E-state index contributed by atoms with van der Waals surface area (Å²) in [6, 6.07) is 0. The van der Waals surface area contributed by atoms with E-state index in [1.807, 2.05) is 0 Å². The normalized spacial score (nSPS) is 11.9. The van der Waals surface area contributed by atoms with Crippen molar-refractivity contribution in [2.45, 2.75) is 431 Å². The Kier molecular flexibility index (Phi) is 66.5. The maximum atomic E-state index is 13.0. The van der Waals surface area contributed by atoms with Crippen LogP contribution >= 0.6 is 0 Å². The Bertz CT molecular complexity index is 1170. The van der Waals surface area contributed by atoms with Gasteiger partial charge in [0.2, 0.25) is 0 Å². The Hall–Kier alpha value is -1.59. The van der Waals surface area contributed by atoms with Crippen molar-refractivity contribution in [1.82, 2.24) is 0 Å². The molecule has 0 spiro atoms. The summed E-state index contributed by atoms with van der Waals surface area (Å²) in [6.07, 6.45) is 79.9. The predicted octanol–water partition coefficient (Wildman–Crippen LogP) is 24.6. The second kappa shape index (κ2) is 67.9. The van der Waals surface area contributed by atoms with E-state index in [0.717, 1.165) is 57.8 Å². The van der Waals surface area contributed by atoms with Gasteiger partial charge in [-0.15, -0.1) is 0 Å². The third kappa shape index (κ3) is 65.2. The Morgan fingerprint density at radius 3 is 0.513 bits per heavy atom. The van der Waals surface area contributed by atoms with Crippen LogP contribution in [0.1, 0.15) is 425 Å². The lowest BCUT2D eigenvalue weighted by atomic mass is 10.0. The molecule has 0 rings (SSSR count). The Morgan fingerprint density at radius 2 is 0.346 bits per heavy atom. The molecule has 6 nitrogen and oxygen atoms in total. The highest BCUT2D eigenvalue weighted by atomic mass is 16.6. The van der Waals surface area contributed by atoms with Crippen LogP contribution in [0.3, 0.4) is 0 Å². The van der Waals surface area contributed by atoms with Crippen molar-refractivity contribution in [3.63, 3.8) is 0 Å². The van der Waals surface area contributed by atoms with Gasteiger partial charge in [0.1, 0.15) is 13.2 Å². The topological polar surface area (TPSA) is 78.9 Å². The Morgan fingerprint density at radius 1 is 0.205 bits per heavy atom. The predicted molar refractivity (Wildman–Crippen MR) is 340 cm³/mol. The molecule has 0 aromatic rings. The zero-order valence-electron chi connectivity index (χ0n) is 53.5. The smallest absolute Gasteiger partial charge is 0.306 e. The Labute approximate surface area is 488 Å². The number of rotatable bonds is 68. The van der Waals surface area contributed by atoms with Crippen molar-refractivity contribution in [3.8, 4) is 0 Å². The SMILES string of the molecule is CCCCCCCCCCCCCCCCCCCCCCCCCCC(=O)OCC(COC(=O)CCCCCCCCCCCCCCCCCCCC)OC(=O)CCCCCCCCCCCCCCCCCCCC. The monoisotopic (exact) mass is 1100 g/mol. The number of carbonyl (C=O) groups is 3. The van der Waals surface area contributed by atoms with Crippen LogP contribution in [0.5, 0.6) is 0 Å². The molecule has 0 N–H and O–H groups in total. The minimum absolute atomic E-state index is 0.0599. The van der Waals surface area contributed by atoms with Gasteiger partial charge in [-0.1, -0.05) is 387 Å². The van der Waals surface area contributed by atoms with Gasteiger partial charge in [-0.3, -0.25) is 14.4 Å². The maximum Gasteiger partial charge on any atom is 0.306 e. The fourth-order valence-electron chi connectivity index (χ4n) is 11.5. The van der Waals surface area contributed by atoms with Gasteiger partial charge >= 0.3 is 17.9 Å². The highest BCUT2D eigenvalue weighted by Crippen LogP contribution is 2.20. The first-order chi connectivity index (χ1) is 38.5. The van der Waals surface area contributed by atoms with Crippen molar-refractivity contribution < 1.29 is 28.6 Å². The van der Waals surface area contributed by atoms with E-state index in [1.165, 1.54) is 327 Å². The van der Waals surface area contributed by atoms with E-state index in [4.69, 9.17) is 14.2 Å². The molecule has 0 heterocycles. The molecule has 1 atom stereocenters. The summed E-state index contributed by atoms with van der Waals surface area (Å²) in [5.41, 5.74) is 0. The minimum atomic E-state index is -0.763. The van der Waals surface area contributed by atoms with Gasteiger partial charge in [0.25, 0.3) is 0 Å². The van der Waals surface area contributed by atoms with Crippen molar-refractivity contribution in [3.05, 3.63) is 0 Å². The van der Waals surface area contributed by atoms with Gasteiger partial charge in [-0.2, -0.15) is 0 Å².